The van der Waals surface area contributed by atoms with Crippen LogP contribution in [0.3, 0.4) is 0 Å². The Kier molecular flexibility index (Phi) is 5.62. The van der Waals surface area contributed by atoms with E-state index >= 15 is 0 Å². The first-order valence-corrected chi connectivity index (χ1v) is 8.13. The molecule has 0 unspecified atom stereocenters. The monoisotopic (exact) mass is 329 g/mol. The number of nitrogens with two attached hydrogens (primary N) is 1. The van der Waals surface area contributed by atoms with Crippen molar-refractivity contribution in [1.29, 1.82) is 0 Å². The number of hydrogen-bond acceptors (Lipinski definition) is 4. The number of nitrogens with one attached hydrogen (secondary N) is 1. The van der Waals surface area contributed by atoms with Crippen molar-refractivity contribution in [1.82, 2.24) is 15.1 Å². The predicted molar refractivity (Wildman–Crippen MR) is 96.8 cm³/mol. The van der Waals surface area contributed by atoms with E-state index in [0.717, 1.165) is 22.6 Å². The van der Waals surface area contributed by atoms with Crippen LogP contribution < -0.4 is 16.0 Å². The molecule has 130 valence electrons. The van der Waals surface area contributed by atoms with Gasteiger partial charge >= 0.3 is 0 Å². The van der Waals surface area contributed by atoms with Crippen molar-refractivity contribution in [3.05, 3.63) is 47.2 Å². The fourth-order valence-electron chi connectivity index (χ4n) is 3.00. The molecule has 0 aliphatic heterocycles. The van der Waals surface area contributed by atoms with Crippen molar-refractivity contribution in [3.8, 4) is 0 Å². The zero-order valence-corrected chi connectivity index (χ0v) is 15.1. The first kappa shape index (κ1) is 18.0. The van der Waals surface area contributed by atoms with Crippen molar-refractivity contribution in [2.45, 2.75) is 32.4 Å². The van der Waals surface area contributed by atoms with Crippen LogP contribution in [0, 0.1) is 0 Å². The maximum absolute atomic E-state index is 11.9. The molecule has 1 aromatic carbocycles. The summed E-state index contributed by atoms with van der Waals surface area (Å²) < 4.78 is 1.88. The van der Waals surface area contributed by atoms with Gasteiger partial charge in [-0.2, -0.15) is 5.10 Å². The Hall–Kier alpha value is -2.34. The number of anilines is 1. The maximum Gasteiger partial charge on any atom is 0.239 e. The van der Waals surface area contributed by atoms with Gasteiger partial charge in [0.05, 0.1) is 5.69 Å². The van der Waals surface area contributed by atoms with Crippen LogP contribution in [0.4, 0.5) is 5.82 Å². The number of carbonyl (C=O) groups excluding carboxylic acids is 1. The van der Waals surface area contributed by atoms with E-state index in [1.807, 2.05) is 61.1 Å². The van der Waals surface area contributed by atoms with Crippen molar-refractivity contribution < 1.29 is 4.79 Å². The van der Waals surface area contributed by atoms with Gasteiger partial charge in [-0.15, -0.1) is 0 Å². The quantitative estimate of drug-likeness (QED) is 0.814. The molecule has 6 nitrogen and oxygen atoms in total. The minimum Gasteiger partial charge on any atom is -0.368 e. The summed E-state index contributed by atoms with van der Waals surface area (Å²) in [6.07, 6.45) is 0. The molecule has 24 heavy (non-hydrogen) atoms. The molecule has 0 bridgehead atoms. The van der Waals surface area contributed by atoms with E-state index in [2.05, 4.69) is 24.3 Å². The zero-order chi connectivity index (χ0) is 17.9. The second kappa shape index (κ2) is 7.49. The Bertz CT molecular complexity index is 691. The number of aryl methyl sites for hydroxylation is 1. The highest BCUT2D eigenvalue weighted by molar-refractivity contribution is 5.81. The second-order valence-corrected chi connectivity index (χ2v) is 6.49. The van der Waals surface area contributed by atoms with Crippen LogP contribution in [0.15, 0.2) is 30.3 Å². The lowest BCUT2D eigenvalue weighted by Crippen LogP contribution is -2.33. The van der Waals surface area contributed by atoms with Gasteiger partial charge in [-0.25, -0.2) is 0 Å². The Balaban J connectivity index is 2.31. The van der Waals surface area contributed by atoms with Gasteiger partial charge in [-0.3, -0.25) is 14.8 Å². The van der Waals surface area contributed by atoms with E-state index in [9.17, 15) is 4.79 Å². The van der Waals surface area contributed by atoms with E-state index < -0.39 is 6.04 Å². The molecule has 3 N–H and O–H groups in total. The van der Waals surface area contributed by atoms with Crippen LogP contribution >= 0.6 is 0 Å². The van der Waals surface area contributed by atoms with Gasteiger partial charge in [0.2, 0.25) is 5.91 Å². The highest BCUT2D eigenvalue weighted by Crippen LogP contribution is 2.27. The van der Waals surface area contributed by atoms with E-state index in [1.54, 1.807) is 0 Å². The maximum atomic E-state index is 11.9. The van der Waals surface area contributed by atoms with Crippen LogP contribution in [0.5, 0.6) is 0 Å². The highest BCUT2D eigenvalue weighted by atomic mass is 16.1. The molecule has 0 radical (unpaired) electrons. The summed E-state index contributed by atoms with van der Waals surface area (Å²) >= 11 is 0. The number of nitrogens with zero attached hydrogens (tertiary/aromatic N) is 3. The fraction of sp³-hybridized carbons (Fsp3) is 0.444. The third-order valence-corrected chi connectivity index (χ3v) is 4.01. The number of carbonyl (C=O) groups is 1. The summed E-state index contributed by atoms with van der Waals surface area (Å²) in [5.74, 6) is 0.940. The van der Waals surface area contributed by atoms with Gasteiger partial charge in [-0.05, 0) is 11.5 Å². The molecule has 0 fully saturated rings. The molecular weight excluding hydrogens is 302 g/mol. The van der Waals surface area contributed by atoms with Crippen LogP contribution in [0.2, 0.25) is 0 Å². The molecule has 1 amide bonds. The van der Waals surface area contributed by atoms with E-state index in [1.165, 1.54) is 0 Å². The molecular formula is C18H27N5O. The van der Waals surface area contributed by atoms with Gasteiger partial charge in [0, 0.05) is 33.3 Å². The predicted octanol–water partition coefficient (Wildman–Crippen LogP) is 1.93. The van der Waals surface area contributed by atoms with Crippen molar-refractivity contribution in [3.63, 3.8) is 0 Å². The molecule has 0 saturated heterocycles. The minimum atomic E-state index is -0.526. The summed E-state index contributed by atoms with van der Waals surface area (Å²) in [7, 11) is 5.92. The highest BCUT2D eigenvalue weighted by Gasteiger charge is 2.23. The largest absolute Gasteiger partial charge is 0.368 e. The lowest BCUT2D eigenvalue weighted by Gasteiger charge is -2.19. The Labute approximate surface area is 143 Å². The minimum absolute atomic E-state index is 0.297. The molecule has 1 aromatic heterocycles. The van der Waals surface area contributed by atoms with Gasteiger partial charge < -0.3 is 10.6 Å². The summed E-state index contributed by atoms with van der Waals surface area (Å²) in [4.78, 5) is 13.9. The van der Waals surface area contributed by atoms with Crippen LogP contribution in [0.1, 0.15) is 42.6 Å². The molecule has 2 aromatic rings. The van der Waals surface area contributed by atoms with Crippen LogP contribution in [-0.4, -0.2) is 29.8 Å². The molecule has 0 aliphatic carbocycles. The third-order valence-electron chi connectivity index (χ3n) is 4.01. The van der Waals surface area contributed by atoms with Gasteiger partial charge in [0.15, 0.2) is 0 Å². The third kappa shape index (κ3) is 3.76. The SMILES string of the molecule is CC(C)c1nn(C)c(N(C)C)c1CN[C@@H](C(N)=O)c1ccccc1. The summed E-state index contributed by atoms with van der Waals surface area (Å²) in [5.41, 5.74) is 8.60. The molecule has 0 aliphatic rings. The Morgan fingerprint density at radius 2 is 1.92 bits per heavy atom. The van der Waals surface area contributed by atoms with Gasteiger partial charge in [0.25, 0.3) is 0 Å². The van der Waals surface area contributed by atoms with Gasteiger partial charge in [-0.1, -0.05) is 44.2 Å². The zero-order valence-electron chi connectivity index (χ0n) is 15.1. The standard InChI is InChI=1S/C18H27N5O/c1-12(2)15-14(18(22(3)4)23(5)21-15)11-20-16(17(19)24)13-9-7-6-8-10-13/h6-10,12,16,20H,11H2,1-5H3,(H2,19,24)/t16-/m1/s1. The van der Waals surface area contributed by atoms with E-state index in [0.29, 0.717) is 12.5 Å². The lowest BCUT2D eigenvalue weighted by atomic mass is 10.0. The smallest absolute Gasteiger partial charge is 0.239 e. The van der Waals surface area contributed by atoms with E-state index in [-0.39, 0.29) is 5.91 Å². The van der Waals surface area contributed by atoms with Gasteiger partial charge in [0.1, 0.15) is 11.9 Å². The topological polar surface area (TPSA) is 76.2 Å². The molecule has 1 heterocycles. The molecule has 0 saturated carbocycles. The average Bonchev–Trinajstić information content (AvgIpc) is 2.85. The van der Waals surface area contributed by atoms with Crippen molar-refractivity contribution in [2.24, 2.45) is 12.8 Å². The summed E-state index contributed by atoms with van der Waals surface area (Å²) in [6, 6.07) is 9.01. The van der Waals surface area contributed by atoms with Crippen molar-refractivity contribution in [2.75, 3.05) is 19.0 Å². The number of rotatable bonds is 7. The normalized spacial score (nSPS) is 12.4. The number of amides is 1. The molecule has 1 atom stereocenters. The number of aromatic nitrogens is 2. The molecule has 6 heteroatoms. The molecule has 2 rings (SSSR count). The fourth-order valence-corrected chi connectivity index (χ4v) is 3.00. The Morgan fingerprint density at radius 1 is 1.29 bits per heavy atom. The van der Waals surface area contributed by atoms with E-state index in [4.69, 9.17) is 5.73 Å². The first-order chi connectivity index (χ1) is 11.3. The summed E-state index contributed by atoms with van der Waals surface area (Å²) in [5, 5.41) is 7.95. The number of benzene rings is 1. The van der Waals surface area contributed by atoms with Crippen LogP contribution in [-0.2, 0) is 18.4 Å². The number of primary amides is 1. The van der Waals surface area contributed by atoms with Crippen LogP contribution in [0.25, 0.3) is 0 Å². The first-order valence-electron chi connectivity index (χ1n) is 8.13. The number of hydrogen-bond donors (Lipinski definition) is 2. The molecule has 0 spiro atoms. The summed E-state index contributed by atoms with van der Waals surface area (Å²) in [6.45, 7) is 4.76. The van der Waals surface area contributed by atoms with Crippen molar-refractivity contribution >= 4 is 11.7 Å². The second-order valence-electron chi connectivity index (χ2n) is 6.49. The average molecular weight is 329 g/mol. The lowest BCUT2D eigenvalue weighted by molar-refractivity contribution is -0.120. The Morgan fingerprint density at radius 3 is 2.42 bits per heavy atom.